The molecule has 0 radical (unpaired) electrons. The summed E-state index contributed by atoms with van der Waals surface area (Å²) in [5, 5.41) is 3.17. The lowest BCUT2D eigenvalue weighted by Gasteiger charge is -2.07. The van der Waals surface area contributed by atoms with Crippen LogP contribution in [0.3, 0.4) is 0 Å². The SMILES string of the molecule is Fc1cncc(CNCCOc2ccccc2)c1. The molecule has 1 N–H and O–H groups in total. The molecule has 0 saturated heterocycles. The van der Waals surface area contributed by atoms with Crippen LogP contribution in [0, 0.1) is 5.82 Å². The van der Waals surface area contributed by atoms with Crippen LogP contribution in [0.1, 0.15) is 5.56 Å². The molecule has 0 amide bonds. The zero-order valence-electron chi connectivity index (χ0n) is 9.97. The number of pyridine rings is 1. The quantitative estimate of drug-likeness (QED) is 0.795. The van der Waals surface area contributed by atoms with Gasteiger partial charge in [0.25, 0.3) is 0 Å². The minimum Gasteiger partial charge on any atom is -0.492 e. The second kappa shape index (κ2) is 6.71. The van der Waals surface area contributed by atoms with E-state index in [2.05, 4.69) is 10.3 Å². The molecule has 94 valence electrons. The Hall–Kier alpha value is -1.94. The maximum absolute atomic E-state index is 12.8. The Balaban J connectivity index is 1.65. The van der Waals surface area contributed by atoms with Crippen LogP contribution in [0.15, 0.2) is 48.8 Å². The van der Waals surface area contributed by atoms with E-state index in [1.165, 1.54) is 12.3 Å². The minimum absolute atomic E-state index is 0.310. The third-order valence-electron chi connectivity index (χ3n) is 2.38. The van der Waals surface area contributed by atoms with E-state index in [-0.39, 0.29) is 5.82 Å². The maximum Gasteiger partial charge on any atom is 0.141 e. The molecule has 0 aliphatic carbocycles. The van der Waals surface area contributed by atoms with Gasteiger partial charge >= 0.3 is 0 Å². The second-order valence-corrected chi connectivity index (χ2v) is 3.85. The van der Waals surface area contributed by atoms with Crippen molar-refractivity contribution in [2.45, 2.75) is 6.54 Å². The summed E-state index contributed by atoms with van der Waals surface area (Å²) < 4.78 is 18.4. The topological polar surface area (TPSA) is 34.2 Å². The summed E-state index contributed by atoms with van der Waals surface area (Å²) in [5.41, 5.74) is 0.828. The first-order chi connectivity index (χ1) is 8.84. The first kappa shape index (κ1) is 12.5. The standard InChI is InChI=1S/C14H15FN2O/c15-13-8-12(10-17-11-13)9-16-6-7-18-14-4-2-1-3-5-14/h1-5,8,10-11,16H,6-7,9H2. The lowest BCUT2D eigenvalue weighted by atomic mass is 10.3. The highest BCUT2D eigenvalue weighted by Crippen LogP contribution is 2.07. The van der Waals surface area contributed by atoms with Gasteiger partial charge in [0.15, 0.2) is 0 Å². The number of nitrogens with one attached hydrogen (secondary N) is 1. The summed E-state index contributed by atoms with van der Waals surface area (Å²) in [6.07, 6.45) is 2.84. The lowest BCUT2D eigenvalue weighted by Crippen LogP contribution is -2.20. The third-order valence-corrected chi connectivity index (χ3v) is 2.38. The number of para-hydroxylation sites is 1. The number of ether oxygens (including phenoxy) is 1. The molecule has 2 aromatic rings. The van der Waals surface area contributed by atoms with E-state index in [4.69, 9.17) is 4.74 Å². The van der Waals surface area contributed by atoms with E-state index >= 15 is 0 Å². The Kier molecular flexibility index (Phi) is 4.67. The van der Waals surface area contributed by atoms with Gasteiger partial charge in [-0.15, -0.1) is 0 Å². The first-order valence-corrected chi connectivity index (χ1v) is 5.82. The number of hydrogen-bond acceptors (Lipinski definition) is 3. The van der Waals surface area contributed by atoms with E-state index in [1.807, 2.05) is 30.3 Å². The van der Waals surface area contributed by atoms with Crippen molar-refractivity contribution in [2.75, 3.05) is 13.2 Å². The molecule has 18 heavy (non-hydrogen) atoms. The van der Waals surface area contributed by atoms with Gasteiger partial charge < -0.3 is 10.1 Å². The van der Waals surface area contributed by atoms with Crippen molar-refractivity contribution in [2.24, 2.45) is 0 Å². The van der Waals surface area contributed by atoms with Crippen LogP contribution >= 0.6 is 0 Å². The van der Waals surface area contributed by atoms with Crippen LogP contribution in [0.2, 0.25) is 0 Å². The number of hydrogen-bond donors (Lipinski definition) is 1. The zero-order valence-corrected chi connectivity index (χ0v) is 9.97. The Morgan fingerprint density at radius 3 is 2.78 bits per heavy atom. The van der Waals surface area contributed by atoms with Crippen molar-refractivity contribution in [3.63, 3.8) is 0 Å². The molecule has 1 aromatic carbocycles. The van der Waals surface area contributed by atoms with Crippen molar-refractivity contribution >= 4 is 0 Å². The third kappa shape index (κ3) is 4.14. The Bertz CT molecular complexity index is 476. The van der Waals surface area contributed by atoms with Crippen LogP contribution in [0.25, 0.3) is 0 Å². The van der Waals surface area contributed by atoms with Gasteiger partial charge in [-0.1, -0.05) is 18.2 Å². The fraction of sp³-hybridized carbons (Fsp3) is 0.214. The molecule has 0 atom stereocenters. The van der Waals surface area contributed by atoms with E-state index in [9.17, 15) is 4.39 Å². The van der Waals surface area contributed by atoms with Gasteiger partial charge in [-0.2, -0.15) is 0 Å². The van der Waals surface area contributed by atoms with E-state index in [1.54, 1.807) is 6.20 Å². The Morgan fingerprint density at radius 2 is 2.00 bits per heavy atom. The lowest BCUT2D eigenvalue weighted by molar-refractivity contribution is 0.313. The van der Waals surface area contributed by atoms with Crippen LogP contribution in [-0.2, 0) is 6.54 Å². The minimum atomic E-state index is -0.310. The monoisotopic (exact) mass is 246 g/mol. The molecule has 0 spiro atoms. The predicted octanol–water partition coefficient (Wildman–Crippen LogP) is 2.39. The summed E-state index contributed by atoms with van der Waals surface area (Å²) in [6.45, 7) is 1.86. The van der Waals surface area contributed by atoms with Crippen LogP contribution in [0.4, 0.5) is 4.39 Å². The largest absolute Gasteiger partial charge is 0.492 e. The number of rotatable bonds is 6. The maximum atomic E-state index is 12.8. The number of aromatic nitrogens is 1. The molecule has 1 aromatic heterocycles. The molecule has 0 saturated carbocycles. The van der Waals surface area contributed by atoms with Gasteiger partial charge in [-0.05, 0) is 23.8 Å². The van der Waals surface area contributed by atoms with Crippen molar-refractivity contribution < 1.29 is 9.13 Å². The average Bonchev–Trinajstić information content (AvgIpc) is 2.40. The van der Waals surface area contributed by atoms with Crippen molar-refractivity contribution in [1.82, 2.24) is 10.3 Å². The summed E-state index contributed by atoms with van der Waals surface area (Å²) in [4.78, 5) is 3.78. The molecule has 4 heteroatoms. The van der Waals surface area contributed by atoms with Crippen molar-refractivity contribution in [1.29, 1.82) is 0 Å². The molecular formula is C14H15FN2O. The van der Waals surface area contributed by atoms with Gasteiger partial charge in [-0.3, -0.25) is 4.98 Å². The van der Waals surface area contributed by atoms with Crippen molar-refractivity contribution in [3.8, 4) is 5.75 Å². The number of nitrogens with zero attached hydrogens (tertiary/aromatic N) is 1. The number of halogens is 1. The molecule has 0 aliphatic heterocycles. The summed E-state index contributed by atoms with van der Waals surface area (Å²) in [5.74, 6) is 0.543. The fourth-order valence-corrected chi connectivity index (χ4v) is 1.54. The van der Waals surface area contributed by atoms with Gasteiger partial charge in [0.1, 0.15) is 18.2 Å². The molecule has 3 nitrogen and oxygen atoms in total. The van der Waals surface area contributed by atoms with Gasteiger partial charge in [0, 0.05) is 19.3 Å². The second-order valence-electron chi connectivity index (χ2n) is 3.85. The summed E-state index contributed by atoms with van der Waals surface area (Å²) >= 11 is 0. The molecule has 0 fully saturated rings. The Labute approximate surface area is 106 Å². The molecule has 0 unspecified atom stereocenters. The molecule has 2 rings (SSSR count). The van der Waals surface area contributed by atoms with E-state index < -0.39 is 0 Å². The average molecular weight is 246 g/mol. The zero-order chi connectivity index (χ0) is 12.6. The smallest absolute Gasteiger partial charge is 0.141 e. The van der Waals surface area contributed by atoms with Gasteiger partial charge in [0.05, 0.1) is 6.20 Å². The first-order valence-electron chi connectivity index (χ1n) is 5.82. The predicted molar refractivity (Wildman–Crippen MR) is 67.8 cm³/mol. The van der Waals surface area contributed by atoms with E-state index in [0.29, 0.717) is 19.7 Å². The molecule has 0 bridgehead atoms. The summed E-state index contributed by atoms with van der Waals surface area (Å²) in [7, 11) is 0. The van der Waals surface area contributed by atoms with Crippen LogP contribution in [-0.4, -0.2) is 18.1 Å². The molecule has 1 heterocycles. The van der Waals surface area contributed by atoms with E-state index in [0.717, 1.165) is 11.3 Å². The highest BCUT2D eigenvalue weighted by atomic mass is 19.1. The Morgan fingerprint density at radius 1 is 1.17 bits per heavy atom. The fourth-order valence-electron chi connectivity index (χ4n) is 1.54. The number of benzene rings is 1. The summed E-state index contributed by atoms with van der Waals surface area (Å²) in [6, 6.07) is 11.1. The van der Waals surface area contributed by atoms with Gasteiger partial charge in [0.2, 0.25) is 0 Å². The normalized spacial score (nSPS) is 10.3. The molecule has 0 aliphatic rings. The van der Waals surface area contributed by atoms with Crippen molar-refractivity contribution in [3.05, 3.63) is 60.2 Å². The van der Waals surface area contributed by atoms with Gasteiger partial charge in [-0.25, -0.2) is 4.39 Å². The molecular weight excluding hydrogens is 231 g/mol. The highest BCUT2D eigenvalue weighted by molar-refractivity contribution is 5.20. The highest BCUT2D eigenvalue weighted by Gasteiger charge is 1.96. The van der Waals surface area contributed by atoms with Crippen LogP contribution < -0.4 is 10.1 Å². The van der Waals surface area contributed by atoms with Crippen LogP contribution in [0.5, 0.6) is 5.75 Å².